The number of carbonyl (C=O) groups excluding carboxylic acids is 2. The molecule has 0 amide bonds. The van der Waals surface area contributed by atoms with Gasteiger partial charge in [-0.05, 0) is 112 Å². The Morgan fingerprint density at radius 2 is 1.71 bits per heavy atom. The molecule has 226 valence electrons. The highest BCUT2D eigenvalue weighted by atomic mass is 16.7. The van der Waals surface area contributed by atoms with Crippen molar-refractivity contribution in [2.24, 2.45) is 40.2 Å². The van der Waals surface area contributed by atoms with Gasteiger partial charge in [-0.1, -0.05) is 32.0 Å². The lowest BCUT2D eigenvalue weighted by Gasteiger charge is -2.64. The average molecular weight is 568 g/mol. The van der Waals surface area contributed by atoms with E-state index in [9.17, 15) is 9.59 Å². The Labute approximate surface area is 245 Å². The van der Waals surface area contributed by atoms with Crippen LogP contribution in [0.4, 0.5) is 0 Å². The van der Waals surface area contributed by atoms with Crippen LogP contribution in [0.1, 0.15) is 102 Å². The molecule has 1 saturated heterocycles. The zero-order valence-electron chi connectivity index (χ0n) is 25.3. The molecule has 0 spiro atoms. The SMILES string of the molecule is COC(=O)[C@H]1CC[C@]2(N)[C@@H]3CC[C@@H]4C[C@@H](O[C@@H]5CC[C@@H](OC(=O)c6ccccc6)[C@H](C)O5)CC[C@]4(C)[C@H]3CC[C@]12C. The Bertz CT molecular complexity index is 1130. The van der Waals surface area contributed by atoms with Crippen molar-refractivity contribution < 1.29 is 28.5 Å². The van der Waals surface area contributed by atoms with Crippen LogP contribution in [0.5, 0.6) is 0 Å². The summed E-state index contributed by atoms with van der Waals surface area (Å²) in [5.74, 6) is 1.24. The second-order valence-corrected chi connectivity index (χ2v) is 14.3. The van der Waals surface area contributed by atoms with Crippen molar-refractivity contribution in [3.05, 3.63) is 35.9 Å². The van der Waals surface area contributed by atoms with Crippen LogP contribution in [-0.2, 0) is 23.7 Å². The fourth-order valence-electron chi connectivity index (χ4n) is 10.1. The number of methoxy groups -OCH3 is 1. The molecule has 0 aromatic heterocycles. The van der Waals surface area contributed by atoms with Gasteiger partial charge in [0.2, 0.25) is 0 Å². The molecule has 2 N–H and O–H groups in total. The quantitative estimate of drug-likeness (QED) is 0.342. The zero-order chi connectivity index (χ0) is 29.0. The maximum absolute atomic E-state index is 12.7. The van der Waals surface area contributed by atoms with E-state index in [1.807, 2.05) is 25.1 Å². The molecular formula is C34H49NO6. The molecule has 4 aliphatic carbocycles. The summed E-state index contributed by atoms with van der Waals surface area (Å²) in [6.07, 6.45) is 10.5. The number of ether oxygens (including phenoxy) is 4. The number of hydrogen-bond donors (Lipinski definition) is 1. The second kappa shape index (κ2) is 10.9. The first-order valence-electron chi connectivity index (χ1n) is 16.0. The lowest BCUT2D eigenvalue weighted by molar-refractivity contribution is -0.247. The highest BCUT2D eigenvalue weighted by molar-refractivity contribution is 5.89. The molecule has 0 radical (unpaired) electrons. The van der Waals surface area contributed by atoms with Crippen molar-refractivity contribution >= 4 is 11.9 Å². The number of rotatable bonds is 5. The molecule has 1 heterocycles. The third kappa shape index (κ3) is 4.84. The Balaban J connectivity index is 1.05. The monoisotopic (exact) mass is 567 g/mol. The predicted molar refractivity (Wildman–Crippen MR) is 155 cm³/mol. The highest BCUT2D eigenvalue weighted by Crippen LogP contribution is 2.68. The normalized spacial score (nSPS) is 45.6. The Kier molecular flexibility index (Phi) is 7.78. The van der Waals surface area contributed by atoms with E-state index in [1.165, 1.54) is 13.5 Å². The van der Waals surface area contributed by atoms with Gasteiger partial charge in [0.05, 0.1) is 30.8 Å². The molecule has 11 atom stereocenters. The van der Waals surface area contributed by atoms with E-state index in [2.05, 4.69) is 13.8 Å². The fraction of sp³-hybridized carbons (Fsp3) is 0.765. The van der Waals surface area contributed by atoms with Gasteiger partial charge in [0.15, 0.2) is 6.29 Å². The average Bonchev–Trinajstić information content (AvgIpc) is 3.25. The summed E-state index contributed by atoms with van der Waals surface area (Å²) in [7, 11) is 1.51. The van der Waals surface area contributed by atoms with Crippen LogP contribution in [0.3, 0.4) is 0 Å². The predicted octanol–water partition coefficient (Wildman–Crippen LogP) is 6.04. The number of hydrogen-bond acceptors (Lipinski definition) is 7. The van der Waals surface area contributed by atoms with E-state index in [-0.39, 0.29) is 58.8 Å². The van der Waals surface area contributed by atoms with Crippen LogP contribution < -0.4 is 5.73 Å². The standard InChI is InChI=1S/C34H49NO6/c1-21-28(41-30(36)22-8-6-5-7-9-22)12-13-29(39-21)40-24-14-17-32(2)23(20-24)10-11-26-25(32)15-18-33(3)27(31(37)38-4)16-19-34(26,33)35/h5-9,21,23-29H,10-20,35H2,1-4H3/t21-,23+,24-,25-,26+,27+,28+,29+,32-,33+,34-/m0/s1. The minimum atomic E-state index is -0.298. The summed E-state index contributed by atoms with van der Waals surface area (Å²) < 4.78 is 23.8. The number of benzene rings is 1. The summed E-state index contributed by atoms with van der Waals surface area (Å²) in [5, 5.41) is 0. The first-order chi connectivity index (χ1) is 19.6. The summed E-state index contributed by atoms with van der Waals surface area (Å²) in [6.45, 7) is 6.77. The lowest BCUT2D eigenvalue weighted by Crippen LogP contribution is -2.66. The third-order valence-electron chi connectivity index (χ3n) is 12.6. The zero-order valence-corrected chi connectivity index (χ0v) is 25.3. The molecule has 7 heteroatoms. The third-order valence-corrected chi connectivity index (χ3v) is 12.6. The van der Waals surface area contributed by atoms with Crippen LogP contribution in [-0.4, -0.2) is 49.2 Å². The van der Waals surface area contributed by atoms with Crippen LogP contribution in [0.2, 0.25) is 0 Å². The first kappa shape index (κ1) is 29.1. The van der Waals surface area contributed by atoms with E-state index in [0.29, 0.717) is 23.3 Å². The summed E-state index contributed by atoms with van der Waals surface area (Å²) in [6, 6.07) is 9.13. The van der Waals surface area contributed by atoms with Crippen molar-refractivity contribution in [1.29, 1.82) is 0 Å². The van der Waals surface area contributed by atoms with E-state index >= 15 is 0 Å². The topological polar surface area (TPSA) is 97.1 Å². The van der Waals surface area contributed by atoms with Crippen LogP contribution in [0, 0.1) is 34.5 Å². The summed E-state index contributed by atoms with van der Waals surface area (Å²) in [4.78, 5) is 25.2. The molecule has 7 nitrogen and oxygen atoms in total. The Morgan fingerprint density at radius 3 is 2.44 bits per heavy atom. The van der Waals surface area contributed by atoms with Crippen molar-refractivity contribution in [3.63, 3.8) is 0 Å². The first-order valence-corrected chi connectivity index (χ1v) is 16.0. The van der Waals surface area contributed by atoms with Gasteiger partial charge in [0.25, 0.3) is 0 Å². The van der Waals surface area contributed by atoms with E-state index in [4.69, 9.17) is 24.7 Å². The molecule has 6 rings (SSSR count). The summed E-state index contributed by atoms with van der Waals surface area (Å²) >= 11 is 0. The van der Waals surface area contributed by atoms with Gasteiger partial charge in [-0.15, -0.1) is 0 Å². The number of carbonyl (C=O) groups is 2. The van der Waals surface area contributed by atoms with Gasteiger partial charge >= 0.3 is 11.9 Å². The van der Waals surface area contributed by atoms with E-state index < -0.39 is 0 Å². The van der Waals surface area contributed by atoms with Crippen LogP contribution >= 0.6 is 0 Å². The molecule has 0 bridgehead atoms. The van der Waals surface area contributed by atoms with E-state index in [1.54, 1.807) is 12.1 Å². The summed E-state index contributed by atoms with van der Waals surface area (Å²) in [5.41, 5.74) is 7.74. The highest BCUT2D eigenvalue weighted by Gasteiger charge is 2.67. The van der Waals surface area contributed by atoms with Gasteiger partial charge in [0.1, 0.15) is 6.10 Å². The van der Waals surface area contributed by atoms with Crippen molar-refractivity contribution in [3.8, 4) is 0 Å². The Morgan fingerprint density at radius 1 is 0.927 bits per heavy atom. The van der Waals surface area contributed by atoms with Crippen LogP contribution in [0.25, 0.3) is 0 Å². The molecule has 5 fully saturated rings. The molecule has 41 heavy (non-hydrogen) atoms. The van der Waals surface area contributed by atoms with Crippen molar-refractivity contribution in [1.82, 2.24) is 0 Å². The van der Waals surface area contributed by atoms with Crippen molar-refractivity contribution in [2.75, 3.05) is 7.11 Å². The van der Waals surface area contributed by atoms with E-state index in [0.717, 1.165) is 64.2 Å². The molecule has 1 aliphatic heterocycles. The van der Waals surface area contributed by atoms with Crippen molar-refractivity contribution in [2.45, 2.75) is 122 Å². The molecule has 1 aromatic rings. The maximum atomic E-state index is 12.7. The smallest absolute Gasteiger partial charge is 0.338 e. The van der Waals surface area contributed by atoms with Gasteiger partial charge in [-0.3, -0.25) is 4.79 Å². The fourth-order valence-corrected chi connectivity index (χ4v) is 10.1. The molecule has 0 unspecified atom stereocenters. The largest absolute Gasteiger partial charge is 0.469 e. The second-order valence-electron chi connectivity index (χ2n) is 14.3. The molecule has 5 aliphatic rings. The van der Waals surface area contributed by atoms with Gasteiger partial charge in [-0.25, -0.2) is 4.79 Å². The molecule has 1 aromatic carbocycles. The maximum Gasteiger partial charge on any atom is 0.338 e. The van der Waals surface area contributed by atoms with Crippen LogP contribution in [0.15, 0.2) is 30.3 Å². The van der Waals surface area contributed by atoms with Gasteiger partial charge in [-0.2, -0.15) is 0 Å². The molecule has 4 saturated carbocycles. The number of fused-ring (bicyclic) bond motifs is 5. The minimum absolute atomic E-state index is 0.0734. The minimum Gasteiger partial charge on any atom is -0.469 e. The number of esters is 2. The number of nitrogens with two attached hydrogens (primary N) is 1. The molecular weight excluding hydrogens is 518 g/mol. The lowest BCUT2D eigenvalue weighted by atomic mass is 9.42. The van der Waals surface area contributed by atoms with Gasteiger partial charge < -0.3 is 24.7 Å². The Hall–Kier alpha value is -1.96. The van der Waals surface area contributed by atoms with Gasteiger partial charge in [0, 0.05) is 12.0 Å².